The second-order valence-electron chi connectivity index (χ2n) is 12.5. The maximum atomic E-state index is 13.8. The van der Waals surface area contributed by atoms with Gasteiger partial charge in [-0.3, -0.25) is 4.79 Å². The molecule has 0 unspecified atom stereocenters. The number of allylic oxidation sites excluding steroid dienone is 1. The molecule has 1 fully saturated rings. The maximum absolute atomic E-state index is 13.8. The molecule has 2 aliphatic rings. The summed E-state index contributed by atoms with van der Waals surface area (Å²) in [7, 11) is 1.68. The average molecular weight is 615 g/mol. The van der Waals surface area contributed by atoms with Crippen molar-refractivity contribution < 1.29 is 9.53 Å². The van der Waals surface area contributed by atoms with E-state index in [1.54, 1.807) is 7.11 Å². The Kier molecular flexibility index (Phi) is 8.96. The molecule has 0 radical (unpaired) electrons. The molecule has 0 spiro atoms. The van der Waals surface area contributed by atoms with Gasteiger partial charge in [-0.15, -0.1) is 10.2 Å². The van der Waals surface area contributed by atoms with Crippen LogP contribution in [0.5, 0.6) is 5.75 Å². The third-order valence-electron chi connectivity index (χ3n) is 9.56. The zero-order valence-corrected chi connectivity index (χ0v) is 26.5. The number of nitrogens with zero attached hydrogens (tertiary/aromatic N) is 3. The number of ether oxygens (including phenoxy) is 1. The molecule has 3 N–H and O–H groups in total. The molecule has 46 heavy (non-hydrogen) atoms. The number of methoxy groups -OCH3 is 1. The first-order valence-electron chi connectivity index (χ1n) is 16.5. The number of carbonyl (C=O) groups excluding carboxylic acids is 1. The largest absolute Gasteiger partial charge is 0.497 e. The van der Waals surface area contributed by atoms with Gasteiger partial charge in [-0.2, -0.15) is 0 Å². The SMILES string of the molecule is COc1ccc(Cn2c(CCc3c[nH]c4ccccc34)nnc2[C@@H](Cc2cccc3c2C=CCC3)NC(=O)C2CCNCC2)cc1. The minimum absolute atomic E-state index is 0.00682. The third-order valence-corrected chi connectivity index (χ3v) is 9.56. The number of amides is 1. The molecule has 0 bridgehead atoms. The number of nitrogens with one attached hydrogen (secondary N) is 3. The van der Waals surface area contributed by atoms with Crippen LogP contribution in [-0.4, -0.2) is 45.9 Å². The molecule has 1 aliphatic heterocycles. The van der Waals surface area contributed by atoms with Crippen molar-refractivity contribution in [1.82, 2.24) is 30.4 Å². The van der Waals surface area contributed by atoms with Gasteiger partial charge >= 0.3 is 0 Å². The summed E-state index contributed by atoms with van der Waals surface area (Å²) in [6.45, 7) is 2.33. The molecule has 1 atom stereocenters. The summed E-state index contributed by atoms with van der Waals surface area (Å²) in [6.07, 6.45) is 12.6. The number of fused-ring (bicyclic) bond motifs is 2. The van der Waals surface area contributed by atoms with Crippen LogP contribution in [0.4, 0.5) is 0 Å². The fourth-order valence-electron chi connectivity index (χ4n) is 6.98. The first kappa shape index (κ1) is 30.0. The highest BCUT2D eigenvalue weighted by Gasteiger charge is 2.29. The predicted octanol–water partition coefficient (Wildman–Crippen LogP) is 5.96. The van der Waals surface area contributed by atoms with Gasteiger partial charge in [0.2, 0.25) is 5.91 Å². The molecular weight excluding hydrogens is 572 g/mol. The highest BCUT2D eigenvalue weighted by Crippen LogP contribution is 2.29. The number of aromatic nitrogens is 4. The minimum Gasteiger partial charge on any atom is -0.497 e. The van der Waals surface area contributed by atoms with Gasteiger partial charge in [0.1, 0.15) is 11.6 Å². The number of benzene rings is 3. The first-order valence-corrected chi connectivity index (χ1v) is 16.5. The minimum atomic E-state index is -0.322. The van der Waals surface area contributed by atoms with Crippen LogP contribution in [0.15, 0.2) is 79.0 Å². The first-order chi connectivity index (χ1) is 22.7. The molecule has 5 aromatic rings. The molecule has 7 rings (SSSR count). The van der Waals surface area contributed by atoms with Gasteiger partial charge in [0.25, 0.3) is 0 Å². The Labute approximate surface area is 270 Å². The number of aromatic amines is 1. The van der Waals surface area contributed by atoms with E-state index in [4.69, 9.17) is 14.9 Å². The second kappa shape index (κ2) is 13.7. The van der Waals surface area contributed by atoms with E-state index >= 15 is 0 Å². The lowest BCUT2D eigenvalue weighted by atomic mass is 9.90. The Hall–Kier alpha value is -4.69. The fraction of sp³-hybridized carbons (Fsp3) is 0.342. The van der Waals surface area contributed by atoms with Gasteiger partial charge in [-0.25, -0.2) is 0 Å². The van der Waals surface area contributed by atoms with Gasteiger partial charge in [0, 0.05) is 35.9 Å². The standard InChI is InChI=1S/C38H42N6O2/c1-46-31-16-13-26(14-17-31)25-44-36(18-15-30-24-40-34-12-5-4-11-33(30)34)42-43-37(44)35(41-38(45)28-19-21-39-22-20-28)23-29-9-6-8-27-7-2-3-10-32(27)29/h3-6,8-14,16-17,24,28,35,39-40H,2,7,15,18-23,25H2,1H3,(H,41,45)/t35-/m1/s1. The lowest BCUT2D eigenvalue weighted by Gasteiger charge is -2.26. The van der Waals surface area contributed by atoms with Crippen molar-refractivity contribution >= 4 is 22.9 Å². The van der Waals surface area contributed by atoms with Crippen LogP contribution < -0.4 is 15.4 Å². The summed E-state index contributed by atoms with van der Waals surface area (Å²) < 4.78 is 7.66. The Balaban J connectivity index is 1.25. The normalized spacial score (nSPS) is 15.5. The number of para-hydroxylation sites is 1. The Morgan fingerprint density at radius 3 is 2.70 bits per heavy atom. The summed E-state index contributed by atoms with van der Waals surface area (Å²) in [6, 6.07) is 22.8. The molecule has 1 aliphatic carbocycles. The third kappa shape index (κ3) is 6.49. The van der Waals surface area contributed by atoms with Crippen LogP contribution in [0.2, 0.25) is 0 Å². The molecule has 1 saturated heterocycles. The van der Waals surface area contributed by atoms with Crippen LogP contribution in [0, 0.1) is 5.92 Å². The second-order valence-corrected chi connectivity index (χ2v) is 12.5. The highest BCUT2D eigenvalue weighted by atomic mass is 16.5. The van der Waals surface area contributed by atoms with E-state index in [1.807, 2.05) is 12.1 Å². The summed E-state index contributed by atoms with van der Waals surface area (Å²) in [5, 5.41) is 17.7. The van der Waals surface area contributed by atoms with Crippen LogP contribution >= 0.6 is 0 Å². The predicted molar refractivity (Wildman–Crippen MR) is 182 cm³/mol. The molecule has 2 aromatic heterocycles. The smallest absolute Gasteiger partial charge is 0.223 e. The van der Waals surface area contributed by atoms with Crippen LogP contribution in [0.1, 0.15) is 64.8 Å². The molecule has 3 aromatic carbocycles. The van der Waals surface area contributed by atoms with Crippen molar-refractivity contribution in [2.24, 2.45) is 5.92 Å². The Morgan fingerprint density at radius 1 is 1.00 bits per heavy atom. The molecule has 3 heterocycles. The average Bonchev–Trinajstić information content (AvgIpc) is 3.71. The van der Waals surface area contributed by atoms with E-state index in [0.717, 1.165) is 80.1 Å². The number of rotatable bonds is 11. The summed E-state index contributed by atoms with van der Waals surface area (Å²) >= 11 is 0. The summed E-state index contributed by atoms with van der Waals surface area (Å²) in [4.78, 5) is 17.2. The van der Waals surface area contributed by atoms with E-state index < -0.39 is 0 Å². The lowest BCUT2D eigenvalue weighted by molar-refractivity contribution is -0.126. The fourth-order valence-corrected chi connectivity index (χ4v) is 6.98. The summed E-state index contributed by atoms with van der Waals surface area (Å²) in [5.74, 6) is 2.62. The van der Waals surface area contributed by atoms with Crippen LogP contribution in [0.3, 0.4) is 0 Å². The zero-order chi connectivity index (χ0) is 31.3. The molecular formula is C38H42N6O2. The topological polar surface area (TPSA) is 96.9 Å². The summed E-state index contributed by atoms with van der Waals surface area (Å²) in [5.41, 5.74) is 7.38. The van der Waals surface area contributed by atoms with Crippen LogP contribution in [0.25, 0.3) is 17.0 Å². The van der Waals surface area contributed by atoms with E-state index in [0.29, 0.717) is 13.0 Å². The lowest BCUT2D eigenvalue weighted by Crippen LogP contribution is -2.41. The number of aryl methyl sites for hydroxylation is 3. The molecule has 236 valence electrons. The quantitative estimate of drug-likeness (QED) is 0.171. The monoisotopic (exact) mass is 614 g/mol. The van der Waals surface area contributed by atoms with Crippen molar-refractivity contribution in [3.63, 3.8) is 0 Å². The zero-order valence-electron chi connectivity index (χ0n) is 26.5. The van der Waals surface area contributed by atoms with Gasteiger partial charge in [0.15, 0.2) is 5.82 Å². The molecule has 1 amide bonds. The number of hydrogen-bond donors (Lipinski definition) is 3. The van der Waals surface area contributed by atoms with Gasteiger partial charge < -0.3 is 24.9 Å². The van der Waals surface area contributed by atoms with Gasteiger partial charge in [-0.05, 0) is 91.2 Å². The molecule has 8 heteroatoms. The molecule has 8 nitrogen and oxygen atoms in total. The van der Waals surface area contributed by atoms with E-state index in [2.05, 4.69) is 93.1 Å². The van der Waals surface area contributed by atoms with Crippen molar-refractivity contribution in [2.75, 3.05) is 20.2 Å². The van der Waals surface area contributed by atoms with E-state index in [9.17, 15) is 4.79 Å². The van der Waals surface area contributed by atoms with Crippen molar-refractivity contribution in [1.29, 1.82) is 0 Å². The van der Waals surface area contributed by atoms with E-state index in [1.165, 1.54) is 27.6 Å². The molecule has 0 saturated carbocycles. The van der Waals surface area contributed by atoms with Gasteiger partial charge in [-0.1, -0.05) is 60.7 Å². The number of hydrogen-bond acceptors (Lipinski definition) is 5. The van der Waals surface area contributed by atoms with Crippen molar-refractivity contribution in [3.8, 4) is 5.75 Å². The van der Waals surface area contributed by atoms with Crippen molar-refractivity contribution in [3.05, 3.63) is 118 Å². The van der Waals surface area contributed by atoms with E-state index in [-0.39, 0.29) is 17.9 Å². The van der Waals surface area contributed by atoms with Gasteiger partial charge in [0.05, 0.1) is 19.7 Å². The highest BCUT2D eigenvalue weighted by molar-refractivity contribution is 5.83. The maximum Gasteiger partial charge on any atom is 0.223 e. The van der Waals surface area contributed by atoms with Crippen LogP contribution in [-0.2, 0) is 37.0 Å². The number of carbonyl (C=O) groups is 1. The number of H-pyrrole nitrogens is 1. The Bertz CT molecular complexity index is 1830. The number of piperidine rings is 1. The van der Waals surface area contributed by atoms with Crippen molar-refractivity contribution in [2.45, 2.75) is 57.5 Å². The Morgan fingerprint density at radius 2 is 1.85 bits per heavy atom.